The summed E-state index contributed by atoms with van der Waals surface area (Å²) in [5.74, 6) is 0.420. The van der Waals surface area contributed by atoms with Crippen LogP contribution in [0.2, 0.25) is 0 Å². The molecule has 0 radical (unpaired) electrons. The van der Waals surface area contributed by atoms with Crippen molar-refractivity contribution < 1.29 is 9.53 Å². The number of morpholine rings is 1. The summed E-state index contributed by atoms with van der Waals surface area (Å²) in [6.45, 7) is 11.0. The van der Waals surface area contributed by atoms with E-state index < -0.39 is 0 Å². The normalized spacial score (nSPS) is 17.0. The van der Waals surface area contributed by atoms with E-state index in [1.165, 1.54) is 5.56 Å². The molecule has 1 aliphatic rings. The highest BCUT2D eigenvalue weighted by atomic mass is 16.5. The Morgan fingerprint density at radius 2 is 1.83 bits per heavy atom. The third-order valence-corrected chi connectivity index (χ3v) is 4.39. The van der Waals surface area contributed by atoms with Crippen molar-refractivity contribution in [3.05, 3.63) is 29.8 Å². The fourth-order valence-electron chi connectivity index (χ4n) is 2.41. The topological polar surface area (TPSA) is 53.6 Å². The van der Waals surface area contributed by atoms with Crippen molar-refractivity contribution in [1.82, 2.24) is 10.2 Å². The zero-order valence-electron chi connectivity index (χ0n) is 14.5. The molecule has 1 aromatic carbocycles. The van der Waals surface area contributed by atoms with E-state index in [0.29, 0.717) is 5.92 Å². The maximum absolute atomic E-state index is 11.9. The Bertz CT molecular complexity index is 482. The van der Waals surface area contributed by atoms with Gasteiger partial charge in [0.15, 0.2) is 0 Å². The Morgan fingerprint density at radius 1 is 1.17 bits per heavy atom. The Hall–Kier alpha value is -1.59. The number of ether oxygens (including phenoxy) is 1. The molecule has 23 heavy (non-hydrogen) atoms. The van der Waals surface area contributed by atoms with Gasteiger partial charge in [0.2, 0.25) is 0 Å². The van der Waals surface area contributed by atoms with E-state index in [2.05, 4.69) is 41.5 Å². The minimum Gasteiger partial charge on any atom is -0.379 e. The van der Waals surface area contributed by atoms with Crippen LogP contribution in [0.1, 0.15) is 26.3 Å². The summed E-state index contributed by atoms with van der Waals surface area (Å²) >= 11 is 0. The zero-order valence-corrected chi connectivity index (χ0v) is 14.5. The van der Waals surface area contributed by atoms with Crippen LogP contribution in [0.4, 0.5) is 10.5 Å². The van der Waals surface area contributed by atoms with Gasteiger partial charge in [-0.15, -0.1) is 0 Å². The monoisotopic (exact) mass is 319 g/mol. The third kappa shape index (κ3) is 6.20. The molecule has 128 valence electrons. The molecule has 1 aliphatic heterocycles. The minimum atomic E-state index is -0.146. The van der Waals surface area contributed by atoms with E-state index in [1.54, 1.807) is 0 Å². The zero-order chi connectivity index (χ0) is 16.7. The molecule has 2 rings (SSSR count). The van der Waals surface area contributed by atoms with Crippen molar-refractivity contribution in [3.63, 3.8) is 0 Å². The third-order valence-electron chi connectivity index (χ3n) is 4.39. The number of carbonyl (C=O) groups excluding carboxylic acids is 1. The highest BCUT2D eigenvalue weighted by Gasteiger charge is 2.11. The van der Waals surface area contributed by atoms with E-state index >= 15 is 0 Å². The number of urea groups is 1. The molecule has 5 heteroatoms. The van der Waals surface area contributed by atoms with E-state index in [4.69, 9.17) is 4.74 Å². The first-order chi connectivity index (χ1) is 11.0. The average Bonchev–Trinajstić information content (AvgIpc) is 2.55. The van der Waals surface area contributed by atoms with Gasteiger partial charge in [-0.2, -0.15) is 0 Å². The van der Waals surface area contributed by atoms with Crippen molar-refractivity contribution in [2.45, 2.75) is 33.2 Å². The van der Waals surface area contributed by atoms with Crippen LogP contribution in [-0.2, 0) is 11.2 Å². The van der Waals surface area contributed by atoms with E-state index in [1.807, 2.05) is 19.1 Å². The Labute approximate surface area is 139 Å². The van der Waals surface area contributed by atoms with Crippen LogP contribution < -0.4 is 10.6 Å². The predicted octanol–water partition coefficient (Wildman–Crippen LogP) is 2.73. The number of amides is 2. The second kappa shape index (κ2) is 8.89. The van der Waals surface area contributed by atoms with E-state index in [9.17, 15) is 4.79 Å². The van der Waals surface area contributed by atoms with Crippen LogP contribution in [-0.4, -0.2) is 49.8 Å². The number of nitrogens with one attached hydrogen (secondary N) is 2. The Kier molecular flexibility index (Phi) is 6.86. The number of rotatable bonds is 6. The van der Waals surface area contributed by atoms with Gasteiger partial charge in [-0.3, -0.25) is 4.90 Å². The maximum atomic E-state index is 11.9. The largest absolute Gasteiger partial charge is 0.379 e. The molecule has 0 spiro atoms. The molecule has 1 atom stereocenters. The van der Waals surface area contributed by atoms with Gasteiger partial charge in [0.05, 0.1) is 13.2 Å². The molecule has 0 bridgehead atoms. The highest BCUT2D eigenvalue weighted by Crippen LogP contribution is 2.11. The summed E-state index contributed by atoms with van der Waals surface area (Å²) in [7, 11) is 0. The van der Waals surface area contributed by atoms with Crippen LogP contribution in [0.25, 0.3) is 0 Å². The second-order valence-corrected chi connectivity index (χ2v) is 6.53. The second-order valence-electron chi connectivity index (χ2n) is 6.53. The van der Waals surface area contributed by atoms with E-state index in [0.717, 1.165) is 45.0 Å². The van der Waals surface area contributed by atoms with Crippen molar-refractivity contribution in [3.8, 4) is 0 Å². The van der Waals surface area contributed by atoms with Gasteiger partial charge in [0.1, 0.15) is 0 Å². The minimum absolute atomic E-state index is 0.146. The first-order valence-electron chi connectivity index (χ1n) is 8.51. The quantitative estimate of drug-likeness (QED) is 0.848. The van der Waals surface area contributed by atoms with Crippen LogP contribution in [0.5, 0.6) is 0 Å². The molecular formula is C18H29N3O2. The smallest absolute Gasteiger partial charge is 0.319 e. The molecule has 0 aliphatic carbocycles. The number of anilines is 1. The summed E-state index contributed by atoms with van der Waals surface area (Å²) in [5.41, 5.74) is 2.12. The number of hydrogen-bond acceptors (Lipinski definition) is 3. The van der Waals surface area contributed by atoms with Crippen molar-refractivity contribution in [2.24, 2.45) is 5.92 Å². The Morgan fingerprint density at radius 3 is 2.43 bits per heavy atom. The van der Waals surface area contributed by atoms with Gasteiger partial charge in [0, 0.05) is 31.4 Å². The molecule has 0 unspecified atom stereocenters. The van der Waals surface area contributed by atoms with Gasteiger partial charge in [-0.25, -0.2) is 4.79 Å². The van der Waals surface area contributed by atoms with Crippen LogP contribution in [0.15, 0.2) is 24.3 Å². The lowest BCUT2D eigenvalue weighted by atomic mass is 10.1. The molecule has 2 N–H and O–H groups in total. The van der Waals surface area contributed by atoms with Crippen molar-refractivity contribution in [2.75, 3.05) is 38.2 Å². The summed E-state index contributed by atoms with van der Waals surface area (Å²) in [5, 5.41) is 5.83. The fourth-order valence-corrected chi connectivity index (χ4v) is 2.41. The van der Waals surface area contributed by atoms with Crippen LogP contribution >= 0.6 is 0 Å². The van der Waals surface area contributed by atoms with Gasteiger partial charge < -0.3 is 15.4 Å². The number of nitrogens with zero attached hydrogens (tertiary/aromatic N) is 1. The number of hydrogen-bond donors (Lipinski definition) is 2. The van der Waals surface area contributed by atoms with E-state index in [-0.39, 0.29) is 12.1 Å². The summed E-state index contributed by atoms with van der Waals surface area (Å²) < 4.78 is 5.36. The first kappa shape index (κ1) is 17.8. The van der Waals surface area contributed by atoms with Crippen LogP contribution in [0.3, 0.4) is 0 Å². The van der Waals surface area contributed by atoms with Gasteiger partial charge >= 0.3 is 6.03 Å². The molecule has 5 nitrogen and oxygen atoms in total. The number of benzene rings is 1. The lowest BCUT2D eigenvalue weighted by Gasteiger charge is -2.26. The molecule has 2 amide bonds. The first-order valence-corrected chi connectivity index (χ1v) is 8.51. The van der Waals surface area contributed by atoms with Gasteiger partial charge in [0.25, 0.3) is 0 Å². The molecule has 1 fully saturated rings. The van der Waals surface area contributed by atoms with Crippen LogP contribution in [0, 0.1) is 5.92 Å². The Balaban J connectivity index is 1.76. The number of carbonyl (C=O) groups is 1. The molecule has 1 heterocycles. The molecule has 0 saturated carbocycles. The van der Waals surface area contributed by atoms with Crippen molar-refractivity contribution in [1.29, 1.82) is 0 Å². The molecule has 1 aromatic rings. The standard InChI is InChI=1S/C18H29N3O2/c1-14(2)15(3)19-18(22)20-17-6-4-16(5-7-17)8-9-21-10-12-23-13-11-21/h4-7,14-15H,8-13H2,1-3H3,(H2,19,20,22)/t15-/m0/s1. The van der Waals surface area contributed by atoms with Crippen molar-refractivity contribution >= 4 is 11.7 Å². The van der Waals surface area contributed by atoms with Gasteiger partial charge in [-0.05, 0) is 37.0 Å². The van der Waals surface area contributed by atoms with Gasteiger partial charge in [-0.1, -0.05) is 26.0 Å². The summed E-state index contributed by atoms with van der Waals surface area (Å²) in [4.78, 5) is 14.3. The summed E-state index contributed by atoms with van der Waals surface area (Å²) in [6.07, 6.45) is 1.02. The molecular weight excluding hydrogens is 290 g/mol. The SMILES string of the molecule is CC(C)[C@H](C)NC(=O)Nc1ccc(CCN2CCOCC2)cc1. The lowest BCUT2D eigenvalue weighted by Crippen LogP contribution is -2.39. The predicted molar refractivity (Wildman–Crippen MR) is 93.9 cm³/mol. The maximum Gasteiger partial charge on any atom is 0.319 e. The average molecular weight is 319 g/mol. The lowest BCUT2D eigenvalue weighted by molar-refractivity contribution is 0.0384. The summed E-state index contributed by atoms with van der Waals surface area (Å²) in [6, 6.07) is 8.11. The molecule has 0 aromatic heterocycles. The fraction of sp³-hybridized carbons (Fsp3) is 0.611. The highest BCUT2D eigenvalue weighted by molar-refractivity contribution is 5.89. The molecule has 1 saturated heterocycles.